The predicted molar refractivity (Wildman–Crippen MR) is 100 cm³/mol. The number of rotatable bonds is 9. The van der Waals surface area contributed by atoms with Crippen LogP contribution in [0.15, 0.2) is 24.3 Å². The van der Waals surface area contributed by atoms with Crippen molar-refractivity contribution in [2.45, 2.75) is 56.1 Å². The maximum atomic E-state index is 9.80. The van der Waals surface area contributed by atoms with Crippen LogP contribution < -0.4 is 0 Å². The Morgan fingerprint density at radius 1 is 0.929 bits per heavy atom. The lowest BCUT2D eigenvalue weighted by Crippen LogP contribution is -2.59. The standard InChI is InChI=1S/C20H28O8/c21-12-11-15(23)10-8-6-4-2-1-3-5-7-9-13-27-20-19(26)18(25)17(24)16(14-22)28-20/h4,6-7,9,15-26H,8,10-14H2/b6-4-,9-7-/t15-,16-,17-,18+,19-,20-/m1/s1. The van der Waals surface area contributed by atoms with E-state index in [0.29, 0.717) is 19.3 Å². The van der Waals surface area contributed by atoms with Crippen LogP contribution in [-0.2, 0) is 9.47 Å². The maximum Gasteiger partial charge on any atom is 0.187 e. The first-order chi connectivity index (χ1) is 13.5. The third-order valence-electron chi connectivity index (χ3n) is 3.94. The fraction of sp³-hybridized carbons (Fsp3) is 0.600. The van der Waals surface area contributed by atoms with Crippen LogP contribution in [0.25, 0.3) is 0 Å². The first kappa shape index (κ1) is 24.3. The van der Waals surface area contributed by atoms with Crippen molar-refractivity contribution in [3.05, 3.63) is 24.3 Å². The Bertz CT molecular complexity index is 607. The SMILES string of the molecule is OCC[C@H](O)CC/C=C\C#CC#C/C=C\CO[C@@H]1O[C@H](CO)[C@@H](O)[C@H](O)[C@H]1O. The molecule has 6 atom stereocenters. The molecule has 1 heterocycles. The van der Waals surface area contributed by atoms with E-state index in [0.717, 1.165) is 0 Å². The summed E-state index contributed by atoms with van der Waals surface area (Å²) in [7, 11) is 0. The van der Waals surface area contributed by atoms with Gasteiger partial charge in [-0.25, -0.2) is 0 Å². The van der Waals surface area contributed by atoms with Gasteiger partial charge in [-0.2, -0.15) is 0 Å². The number of ether oxygens (including phenoxy) is 2. The van der Waals surface area contributed by atoms with Crippen LogP contribution in [-0.4, -0.2) is 87.3 Å². The molecule has 0 radical (unpaired) electrons. The molecule has 28 heavy (non-hydrogen) atoms. The molecule has 0 saturated carbocycles. The normalized spacial score (nSPS) is 28.6. The van der Waals surface area contributed by atoms with Crippen molar-refractivity contribution in [1.82, 2.24) is 0 Å². The summed E-state index contributed by atoms with van der Waals surface area (Å²) in [6.45, 7) is -0.495. The van der Waals surface area contributed by atoms with E-state index in [1.165, 1.54) is 6.08 Å². The number of allylic oxidation sites excluding steroid dienone is 3. The second-order valence-electron chi connectivity index (χ2n) is 6.12. The summed E-state index contributed by atoms with van der Waals surface area (Å²) in [5.41, 5.74) is 0. The third kappa shape index (κ3) is 8.98. The van der Waals surface area contributed by atoms with Gasteiger partial charge in [0.1, 0.15) is 24.4 Å². The molecule has 0 aromatic carbocycles. The predicted octanol–water partition coefficient (Wildman–Crippen LogP) is -1.55. The van der Waals surface area contributed by atoms with Crippen molar-refractivity contribution in [2.75, 3.05) is 19.8 Å². The molecule has 0 bridgehead atoms. The zero-order valence-electron chi connectivity index (χ0n) is 15.5. The fourth-order valence-corrected chi connectivity index (χ4v) is 2.34. The fourth-order valence-electron chi connectivity index (χ4n) is 2.34. The highest BCUT2D eigenvalue weighted by Crippen LogP contribution is 2.21. The molecule has 0 aliphatic carbocycles. The van der Waals surface area contributed by atoms with Crippen molar-refractivity contribution >= 4 is 0 Å². The Morgan fingerprint density at radius 3 is 2.25 bits per heavy atom. The molecule has 1 rings (SSSR count). The molecular weight excluding hydrogens is 368 g/mol. The van der Waals surface area contributed by atoms with E-state index in [2.05, 4.69) is 23.7 Å². The topological polar surface area (TPSA) is 140 Å². The average Bonchev–Trinajstić information content (AvgIpc) is 2.68. The van der Waals surface area contributed by atoms with E-state index in [4.69, 9.17) is 19.7 Å². The first-order valence-corrected chi connectivity index (χ1v) is 9.03. The Labute approximate surface area is 164 Å². The van der Waals surface area contributed by atoms with Crippen LogP contribution in [0.4, 0.5) is 0 Å². The molecule has 0 amide bonds. The summed E-state index contributed by atoms with van der Waals surface area (Å²) in [4.78, 5) is 0. The smallest absolute Gasteiger partial charge is 0.187 e. The Kier molecular flexibility index (Phi) is 12.4. The zero-order chi connectivity index (χ0) is 20.8. The quantitative estimate of drug-likeness (QED) is 0.257. The van der Waals surface area contributed by atoms with Gasteiger partial charge in [0.15, 0.2) is 6.29 Å². The van der Waals surface area contributed by atoms with E-state index in [-0.39, 0.29) is 13.2 Å². The van der Waals surface area contributed by atoms with Crippen LogP contribution in [0, 0.1) is 23.7 Å². The minimum atomic E-state index is -1.47. The molecule has 0 unspecified atom stereocenters. The Morgan fingerprint density at radius 2 is 1.61 bits per heavy atom. The van der Waals surface area contributed by atoms with Gasteiger partial charge in [0, 0.05) is 6.61 Å². The largest absolute Gasteiger partial charge is 0.396 e. The van der Waals surface area contributed by atoms with Crippen LogP contribution in [0.1, 0.15) is 19.3 Å². The summed E-state index contributed by atoms with van der Waals surface area (Å²) in [5, 5.41) is 56.3. The van der Waals surface area contributed by atoms with E-state index in [1.807, 2.05) is 6.08 Å². The summed E-state index contributed by atoms with van der Waals surface area (Å²) in [5.74, 6) is 10.6. The van der Waals surface area contributed by atoms with Crippen molar-refractivity contribution in [3.63, 3.8) is 0 Å². The Hall–Kier alpha value is -1.72. The van der Waals surface area contributed by atoms with Crippen molar-refractivity contribution in [3.8, 4) is 23.7 Å². The summed E-state index contributed by atoms with van der Waals surface area (Å²) >= 11 is 0. The van der Waals surface area contributed by atoms with Crippen LogP contribution in [0.3, 0.4) is 0 Å². The monoisotopic (exact) mass is 396 g/mol. The number of hydrogen-bond acceptors (Lipinski definition) is 8. The molecule has 1 aliphatic heterocycles. The number of hydrogen-bond donors (Lipinski definition) is 6. The third-order valence-corrected chi connectivity index (χ3v) is 3.94. The van der Waals surface area contributed by atoms with Gasteiger partial charge in [0.25, 0.3) is 0 Å². The van der Waals surface area contributed by atoms with Crippen molar-refractivity contribution in [2.24, 2.45) is 0 Å². The van der Waals surface area contributed by atoms with Gasteiger partial charge in [0.05, 0.1) is 19.3 Å². The zero-order valence-corrected chi connectivity index (χ0v) is 15.5. The number of aliphatic hydroxyl groups is 6. The second kappa shape index (κ2) is 14.3. The molecule has 0 aromatic heterocycles. The molecular formula is C20H28O8. The summed E-state index contributed by atoms with van der Waals surface area (Å²) in [6, 6.07) is 0. The van der Waals surface area contributed by atoms with Gasteiger partial charge in [-0.15, -0.1) is 0 Å². The van der Waals surface area contributed by atoms with E-state index in [9.17, 15) is 20.4 Å². The molecule has 6 N–H and O–H groups in total. The number of aliphatic hydroxyl groups excluding tert-OH is 6. The highest BCUT2D eigenvalue weighted by Gasteiger charge is 2.43. The maximum absolute atomic E-state index is 9.80. The van der Waals surface area contributed by atoms with Gasteiger partial charge in [-0.05, 0) is 43.3 Å². The van der Waals surface area contributed by atoms with Crippen LogP contribution >= 0.6 is 0 Å². The summed E-state index contributed by atoms with van der Waals surface area (Å²) in [6.07, 6.45) is 1.14. The van der Waals surface area contributed by atoms with Gasteiger partial charge in [-0.3, -0.25) is 0 Å². The second-order valence-corrected chi connectivity index (χ2v) is 6.12. The van der Waals surface area contributed by atoms with Crippen LogP contribution in [0.2, 0.25) is 0 Å². The Balaban J connectivity index is 2.27. The molecule has 8 heteroatoms. The minimum absolute atomic E-state index is 0.0264. The van der Waals surface area contributed by atoms with Gasteiger partial charge in [-0.1, -0.05) is 24.0 Å². The summed E-state index contributed by atoms with van der Waals surface area (Å²) < 4.78 is 10.5. The molecule has 1 saturated heterocycles. The van der Waals surface area contributed by atoms with E-state index in [1.54, 1.807) is 12.2 Å². The molecule has 0 aromatic rings. The molecule has 0 spiro atoms. The lowest BCUT2D eigenvalue weighted by molar-refractivity contribution is -0.298. The highest BCUT2D eigenvalue weighted by atomic mass is 16.7. The van der Waals surface area contributed by atoms with Crippen molar-refractivity contribution < 1.29 is 40.1 Å². The van der Waals surface area contributed by atoms with E-state index >= 15 is 0 Å². The first-order valence-electron chi connectivity index (χ1n) is 9.03. The van der Waals surface area contributed by atoms with Gasteiger partial charge in [0.2, 0.25) is 0 Å². The molecule has 8 nitrogen and oxygen atoms in total. The van der Waals surface area contributed by atoms with Gasteiger partial charge < -0.3 is 40.1 Å². The lowest BCUT2D eigenvalue weighted by Gasteiger charge is -2.39. The highest BCUT2D eigenvalue weighted by molar-refractivity contribution is 5.33. The van der Waals surface area contributed by atoms with Crippen LogP contribution in [0.5, 0.6) is 0 Å². The van der Waals surface area contributed by atoms with Crippen molar-refractivity contribution in [1.29, 1.82) is 0 Å². The molecule has 1 fully saturated rings. The van der Waals surface area contributed by atoms with Gasteiger partial charge >= 0.3 is 0 Å². The average molecular weight is 396 g/mol. The minimum Gasteiger partial charge on any atom is -0.396 e. The molecule has 1 aliphatic rings. The van der Waals surface area contributed by atoms with E-state index < -0.39 is 43.4 Å². The molecule has 156 valence electrons. The lowest BCUT2D eigenvalue weighted by atomic mass is 9.99.